The Kier molecular flexibility index (Phi) is 2.54. The summed E-state index contributed by atoms with van der Waals surface area (Å²) in [6.45, 7) is 2.00. The Morgan fingerprint density at radius 2 is 2.45 bits per heavy atom. The maximum atomic E-state index is 5.38. The molecule has 0 aliphatic carbocycles. The van der Waals surface area contributed by atoms with Gasteiger partial charge in [-0.3, -0.25) is 4.98 Å². The van der Waals surface area contributed by atoms with Crippen LogP contribution in [0.3, 0.4) is 0 Å². The first kappa shape index (κ1) is 8.14. The summed E-state index contributed by atoms with van der Waals surface area (Å²) in [6, 6.07) is 3.90. The molecule has 0 atom stereocenters. The van der Waals surface area contributed by atoms with Crippen LogP contribution in [0.2, 0.25) is 0 Å². The minimum absolute atomic E-state index is 0.492. The van der Waals surface area contributed by atoms with Crippen molar-refractivity contribution in [3.05, 3.63) is 29.6 Å². The van der Waals surface area contributed by atoms with Crippen molar-refractivity contribution >= 4 is 17.2 Å². The fraction of sp³-hybridized carbons (Fsp3) is 0.250. The van der Waals surface area contributed by atoms with E-state index in [1.807, 2.05) is 19.1 Å². The second-order valence-electron chi connectivity index (χ2n) is 2.41. The van der Waals surface area contributed by atoms with Crippen molar-refractivity contribution in [2.24, 2.45) is 5.73 Å². The number of pyridine rings is 1. The Morgan fingerprint density at radius 1 is 1.73 bits per heavy atom. The monoisotopic (exact) mass is 166 g/mol. The van der Waals surface area contributed by atoms with Crippen LogP contribution in [0.5, 0.6) is 0 Å². The minimum Gasteiger partial charge on any atom is -0.393 e. The quantitative estimate of drug-likeness (QED) is 0.671. The van der Waals surface area contributed by atoms with Gasteiger partial charge in [0.2, 0.25) is 0 Å². The van der Waals surface area contributed by atoms with E-state index < -0.39 is 0 Å². The molecule has 0 aliphatic heterocycles. The molecule has 0 spiro atoms. The van der Waals surface area contributed by atoms with E-state index in [9.17, 15) is 0 Å². The topological polar surface area (TPSA) is 38.9 Å². The Hall–Kier alpha value is -0.960. The smallest absolute Gasteiger partial charge is 0.0787 e. The lowest BCUT2D eigenvalue weighted by Gasteiger charge is -2.00. The van der Waals surface area contributed by atoms with Gasteiger partial charge < -0.3 is 5.73 Å². The summed E-state index contributed by atoms with van der Waals surface area (Å²) in [7, 11) is 0. The number of aromatic nitrogens is 1. The highest BCUT2D eigenvalue weighted by molar-refractivity contribution is 7.80. The van der Waals surface area contributed by atoms with Crippen molar-refractivity contribution in [3.63, 3.8) is 0 Å². The van der Waals surface area contributed by atoms with Gasteiger partial charge in [0.15, 0.2) is 0 Å². The molecule has 0 bridgehead atoms. The predicted octanol–water partition coefficient (Wildman–Crippen LogP) is 1.22. The van der Waals surface area contributed by atoms with Crippen LogP contribution in [0, 0.1) is 6.92 Å². The van der Waals surface area contributed by atoms with Gasteiger partial charge >= 0.3 is 0 Å². The van der Waals surface area contributed by atoms with Gasteiger partial charge in [0.1, 0.15) is 0 Å². The highest BCUT2D eigenvalue weighted by atomic mass is 32.1. The fourth-order valence-corrected chi connectivity index (χ4v) is 1.01. The van der Waals surface area contributed by atoms with Gasteiger partial charge in [-0.2, -0.15) is 0 Å². The highest BCUT2D eigenvalue weighted by Gasteiger charge is 1.98. The van der Waals surface area contributed by atoms with Crippen LogP contribution < -0.4 is 5.73 Å². The van der Waals surface area contributed by atoms with Crippen LogP contribution in [0.4, 0.5) is 0 Å². The number of hydrogen-bond donors (Lipinski definition) is 1. The number of hydrogen-bond acceptors (Lipinski definition) is 2. The minimum atomic E-state index is 0.492. The van der Waals surface area contributed by atoms with Gasteiger partial charge in [0.25, 0.3) is 0 Å². The van der Waals surface area contributed by atoms with Crippen LogP contribution in [-0.4, -0.2) is 9.97 Å². The first-order chi connectivity index (χ1) is 5.20. The van der Waals surface area contributed by atoms with Crippen molar-refractivity contribution in [2.75, 3.05) is 0 Å². The molecule has 0 unspecified atom stereocenters. The lowest BCUT2D eigenvalue weighted by molar-refractivity contribution is 1.10. The zero-order chi connectivity index (χ0) is 8.27. The summed E-state index contributed by atoms with van der Waals surface area (Å²) >= 11 is 4.77. The van der Waals surface area contributed by atoms with E-state index in [4.69, 9.17) is 18.0 Å². The van der Waals surface area contributed by atoms with Crippen LogP contribution >= 0.6 is 12.2 Å². The Bertz CT molecular complexity index is 271. The molecule has 0 fully saturated rings. The number of aryl methyl sites for hydroxylation is 1. The summed E-state index contributed by atoms with van der Waals surface area (Å²) < 4.78 is 0. The maximum Gasteiger partial charge on any atom is 0.0787 e. The van der Waals surface area contributed by atoms with Crippen LogP contribution in [-0.2, 0) is 6.42 Å². The predicted molar refractivity (Wildman–Crippen MR) is 49.5 cm³/mol. The van der Waals surface area contributed by atoms with Crippen LogP contribution in [0.25, 0.3) is 0 Å². The largest absolute Gasteiger partial charge is 0.393 e. The second kappa shape index (κ2) is 3.44. The molecule has 58 valence electrons. The number of nitrogens with zero attached hydrogens (tertiary/aromatic N) is 1. The number of thiocarbonyl (C=S) groups is 1. The van der Waals surface area contributed by atoms with Gasteiger partial charge in [-0.25, -0.2) is 0 Å². The molecule has 0 aromatic carbocycles. The zero-order valence-electron chi connectivity index (χ0n) is 6.37. The SMILES string of the molecule is Cc1cccnc1CC(N)=S. The summed E-state index contributed by atoms with van der Waals surface area (Å²) in [5, 5.41) is 0. The van der Waals surface area contributed by atoms with E-state index in [-0.39, 0.29) is 0 Å². The fourth-order valence-electron chi connectivity index (χ4n) is 0.868. The normalized spacial score (nSPS) is 9.55. The van der Waals surface area contributed by atoms with E-state index in [0.29, 0.717) is 11.4 Å². The van der Waals surface area contributed by atoms with Gasteiger partial charge in [0, 0.05) is 18.3 Å². The average molecular weight is 166 g/mol. The Morgan fingerprint density at radius 3 is 3.00 bits per heavy atom. The summed E-state index contributed by atoms with van der Waals surface area (Å²) in [4.78, 5) is 4.64. The molecule has 1 rings (SSSR count). The first-order valence-electron chi connectivity index (χ1n) is 3.39. The third kappa shape index (κ3) is 2.27. The maximum absolute atomic E-state index is 5.38. The summed E-state index contributed by atoms with van der Waals surface area (Å²) in [5.41, 5.74) is 7.50. The van der Waals surface area contributed by atoms with E-state index in [0.717, 1.165) is 11.3 Å². The average Bonchev–Trinajstić information content (AvgIpc) is 1.93. The standard InChI is InChI=1S/C8H10N2S/c1-6-3-2-4-10-7(6)5-8(9)11/h2-4H,5H2,1H3,(H2,9,11). The Balaban J connectivity index is 2.86. The van der Waals surface area contributed by atoms with E-state index in [1.165, 1.54) is 0 Å². The van der Waals surface area contributed by atoms with Crippen molar-refractivity contribution in [2.45, 2.75) is 13.3 Å². The Labute approximate surface area is 71.4 Å². The van der Waals surface area contributed by atoms with Gasteiger partial charge in [-0.1, -0.05) is 18.3 Å². The molecule has 3 heteroatoms. The molecule has 2 nitrogen and oxygen atoms in total. The summed E-state index contributed by atoms with van der Waals surface area (Å²) in [6.07, 6.45) is 2.35. The lowest BCUT2D eigenvalue weighted by Crippen LogP contribution is -2.12. The number of rotatable bonds is 2. The molecular formula is C8H10N2S. The molecule has 2 N–H and O–H groups in total. The van der Waals surface area contributed by atoms with E-state index in [1.54, 1.807) is 6.20 Å². The van der Waals surface area contributed by atoms with Crippen molar-refractivity contribution in [1.82, 2.24) is 4.98 Å². The third-order valence-electron chi connectivity index (χ3n) is 1.46. The van der Waals surface area contributed by atoms with Crippen LogP contribution in [0.15, 0.2) is 18.3 Å². The van der Waals surface area contributed by atoms with E-state index >= 15 is 0 Å². The molecule has 1 heterocycles. The third-order valence-corrected chi connectivity index (χ3v) is 1.60. The van der Waals surface area contributed by atoms with Gasteiger partial charge in [0.05, 0.1) is 4.99 Å². The summed E-state index contributed by atoms with van der Waals surface area (Å²) in [5.74, 6) is 0. The van der Waals surface area contributed by atoms with E-state index in [2.05, 4.69) is 4.98 Å². The molecular weight excluding hydrogens is 156 g/mol. The van der Waals surface area contributed by atoms with Crippen molar-refractivity contribution < 1.29 is 0 Å². The molecule has 0 radical (unpaired) electrons. The molecule has 11 heavy (non-hydrogen) atoms. The van der Waals surface area contributed by atoms with Gasteiger partial charge in [-0.05, 0) is 18.6 Å². The second-order valence-corrected chi connectivity index (χ2v) is 2.93. The van der Waals surface area contributed by atoms with Gasteiger partial charge in [-0.15, -0.1) is 0 Å². The van der Waals surface area contributed by atoms with Crippen LogP contribution in [0.1, 0.15) is 11.3 Å². The first-order valence-corrected chi connectivity index (χ1v) is 3.80. The molecule has 1 aromatic rings. The van der Waals surface area contributed by atoms with Crippen molar-refractivity contribution in [1.29, 1.82) is 0 Å². The van der Waals surface area contributed by atoms with Crippen molar-refractivity contribution in [3.8, 4) is 0 Å². The lowest BCUT2D eigenvalue weighted by atomic mass is 10.2. The highest BCUT2D eigenvalue weighted by Crippen LogP contribution is 2.03. The number of nitrogens with two attached hydrogens (primary N) is 1. The molecule has 1 aromatic heterocycles. The molecule has 0 aliphatic rings. The zero-order valence-corrected chi connectivity index (χ0v) is 7.19. The molecule has 0 amide bonds. The molecule has 0 saturated carbocycles. The molecule has 0 saturated heterocycles.